The fourth-order valence-corrected chi connectivity index (χ4v) is 3.52. The molecule has 0 aromatic carbocycles. The molecule has 0 aliphatic heterocycles. The number of hydrogen-bond donors (Lipinski definition) is 1. The molecular formula is C13H12N2O2S. The van der Waals surface area contributed by atoms with Crippen molar-refractivity contribution in [2.75, 3.05) is 0 Å². The summed E-state index contributed by atoms with van der Waals surface area (Å²) < 4.78 is 0. The summed E-state index contributed by atoms with van der Waals surface area (Å²) in [4.78, 5) is 20.8. The van der Waals surface area contributed by atoms with E-state index in [4.69, 9.17) is 5.11 Å². The van der Waals surface area contributed by atoms with Gasteiger partial charge in [-0.2, -0.15) is 0 Å². The third-order valence-corrected chi connectivity index (χ3v) is 4.43. The number of aryl methyl sites for hydroxylation is 2. The zero-order valence-corrected chi connectivity index (χ0v) is 10.7. The average molecular weight is 260 g/mol. The summed E-state index contributed by atoms with van der Waals surface area (Å²) in [5.41, 5.74) is 2.88. The smallest absolute Gasteiger partial charge is 0.312 e. The first-order valence-corrected chi connectivity index (χ1v) is 6.62. The van der Waals surface area contributed by atoms with Crippen molar-refractivity contribution in [1.29, 1.82) is 0 Å². The Morgan fingerprint density at radius 2 is 2.39 bits per heavy atom. The Bertz CT molecular complexity index is 621. The molecule has 0 radical (unpaired) electrons. The van der Waals surface area contributed by atoms with Crippen molar-refractivity contribution < 1.29 is 9.90 Å². The molecule has 0 saturated heterocycles. The molecule has 4 nitrogen and oxygen atoms in total. The Kier molecular flexibility index (Phi) is 2.63. The summed E-state index contributed by atoms with van der Waals surface area (Å²) in [6.45, 7) is 1.99. The lowest BCUT2D eigenvalue weighted by Crippen LogP contribution is -2.08. The fraction of sp³-hybridized carbons (Fsp3) is 0.308. The van der Waals surface area contributed by atoms with E-state index < -0.39 is 11.9 Å². The zero-order valence-electron chi connectivity index (χ0n) is 9.88. The second kappa shape index (κ2) is 4.17. The lowest BCUT2D eigenvalue weighted by molar-refractivity contribution is -0.138. The second-order valence-electron chi connectivity index (χ2n) is 4.45. The molecule has 2 heterocycles. The Labute approximate surface area is 108 Å². The predicted octanol–water partition coefficient (Wildman–Crippen LogP) is 2.63. The van der Waals surface area contributed by atoms with Crippen molar-refractivity contribution in [2.45, 2.75) is 25.7 Å². The van der Waals surface area contributed by atoms with Gasteiger partial charge in [-0.15, -0.1) is 11.3 Å². The second-order valence-corrected chi connectivity index (χ2v) is 5.53. The molecule has 2 aromatic rings. The van der Waals surface area contributed by atoms with Gasteiger partial charge in [0.1, 0.15) is 10.9 Å². The van der Waals surface area contributed by atoms with Crippen molar-refractivity contribution in [2.24, 2.45) is 0 Å². The van der Waals surface area contributed by atoms with Crippen LogP contribution in [-0.4, -0.2) is 21.0 Å². The largest absolute Gasteiger partial charge is 0.481 e. The first-order valence-electron chi connectivity index (χ1n) is 5.80. The van der Waals surface area contributed by atoms with Crippen molar-refractivity contribution >= 4 is 17.3 Å². The molecular weight excluding hydrogens is 248 g/mol. The number of aromatic nitrogens is 2. The van der Waals surface area contributed by atoms with E-state index in [1.165, 1.54) is 0 Å². The molecule has 1 unspecified atom stereocenters. The van der Waals surface area contributed by atoms with Gasteiger partial charge in [0.2, 0.25) is 0 Å². The van der Waals surface area contributed by atoms with Crippen LogP contribution in [0.2, 0.25) is 0 Å². The molecule has 0 amide bonds. The van der Waals surface area contributed by atoms with E-state index in [-0.39, 0.29) is 0 Å². The molecule has 0 spiro atoms. The number of thiazole rings is 1. The lowest BCUT2D eigenvalue weighted by Gasteiger charge is -2.03. The van der Waals surface area contributed by atoms with Crippen LogP contribution in [0.5, 0.6) is 0 Å². The van der Waals surface area contributed by atoms with E-state index in [2.05, 4.69) is 9.97 Å². The summed E-state index contributed by atoms with van der Waals surface area (Å²) in [7, 11) is 0. The highest BCUT2D eigenvalue weighted by molar-refractivity contribution is 7.15. The van der Waals surface area contributed by atoms with Crippen LogP contribution in [0.3, 0.4) is 0 Å². The lowest BCUT2D eigenvalue weighted by atomic mass is 10.1. The Hall–Kier alpha value is -1.75. The van der Waals surface area contributed by atoms with Gasteiger partial charge in [0.25, 0.3) is 0 Å². The number of fused-ring (bicyclic) bond motifs is 1. The standard InChI is InChI=1S/C13H12N2O2S/c1-7-6-14-5-4-8(7)12-15-11-9(13(16)17)2-3-10(11)18-12/h4-6,9H,2-3H2,1H3,(H,16,17). The van der Waals surface area contributed by atoms with Gasteiger partial charge in [-0.05, 0) is 31.4 Å². The summed E-state index contributed by atoms with van der Waals surface area (Å²) in [6.07, 6.45) is 5.05. The van der Waals surface area contributed by atoms with Crippen molar-refractivity contribution in [3.05, 3.63) is 34.6 Å². The number of nitrogens with zero attached hydrogens (tertiary/aromatic N) is 2. The quantitative estimate of drug-likeness (QED) is 0.901. The first-order chi connectivity index (χ1) is 8.66. The SMILES string of the molecule is Cc1cnccc1-c1nc2c(s1)CCC2C(=O)O. The van der Waals surface area contributed by atoms with E-state index in [0.29, 0.717) is 6.42 Å². The molecule has 2 aromatic heterocycles. The number of rotatable bonds is 2. The maximum Gasteiger partial charge on any atom is 0.312 e. The van der Waals surface area contributed by atoms with E-state index in [1.54, 1.807) is 23.7 Å². The number of pyridine rings is 1. The van der Waals surface area contributed by atoms with Gasteiger partial charge in [-0.25, -0.2) is 4.98 Å². The molecule has 1 N–H and O–H groups in total. The maximum absolute atomic E-state index is 11.1. The Morgan fingerprint density at radius 3 is 3.11 bits per heavy atom. The molecule has 92 valence electrons. The van der Waals surface area contributed by atoms with Gasteiger partial charge in [0.15, 0.2) is 0 Å². The highest BCUT2D eigenvalue weighted by Crippen LogP contribution is 2.40. The molecule has 1 aliphatic carbocycles. The third kappa shape index (κ3) is 1.71. The minimum absolute atomic E-state index is 0.424. The van der Waals surface area contributed by atoms with Crippen molar-refractivity contribution in [1.82, 2.24) is 9.97 Å². The number of carboxylic acids is 1. The fourth-order valence-electron chi connectivity index (χ4n) is 2.30. The molecule has 0 saturated carbocycles. The first kappa shape index (κ1) is 11.3. The van der Waals surface area contributed by atoms with E-state index in [9.17, 15) is 4.79 Å². The number of aliphatic carboxylic acids is 1. The Morgan fingerprint density at radius 1 is 1.56 bits per heavy atom. The van der Waals surface area contributed by atoms with E-state index in [0.717, 1.165) is 33.1 Å². The van der Waals surface area contributed by atoms with Gasteiger partial charge >= 0.3 is 5.97 Å². The van der Waals surface area contributed by atoms with Crippen LogP contribution < -0.4 is 0 Å². The molecule has 1 atom stereocenters. The van der Waals surface area contributed by atoms with E-state index in [1.807, 2.05) is 13.0 Å². The van der Waals surface area contributed by atoms with Gasteiger partial charge < -0.3 is 5.11 Å². The van der Waals surface area contributed by atoms with Crippen molar-refractivity contribution in [3.8, 4) is 10.6 Å². The van der Waals surface area contributed by atoms with Crippen LogP contribution in [0.25, 0.3) is 10.6 Å². The van der Waals surface area contributed by atoms with E-state index >= 15 is 0 Å². The number of hydrogen-bond acceptors (Lipinski definition) is 4. The third-order valence-electron chi connectivity index (χ3n) is 3.27. The highest BCUT2D eigenvalue weighted by Gasteiger charge is 2.32. The number of carbonyl (C=O) groups is 1. The summed E-state index contributed by atoms with van der Waals surface area (Å²) in [5.74, 6) is -1.19. The summed E-state index contributed by atoms with van der Waals surface area (Å²) in [5, 5.41) is 10.1. The Balaban J connectivity index is 2.05. The average Bonchev–Trinajstić information content (AvgIpc) is 2.88. The predicted molar refractivity (Wildman–Crippen MR) is 68.8 cm³/mol. The van der Waals surface area contributed by atoms with Crippen LogP contribution in [0.4, 0.5) is 0 Å². The van der Waals surface area contributed by atoms with Crippen LogP contribution in [0.1, 0.15) is 28.5 Å². The number of carboxylic acid groups (broad SMARTS) is 1. The molecule has 18 heavy (non-hydrogen) atoms. The molecule has 1 aliphatic rings. The monoisotopic (exact) mass is 260 g/mol. The van der Waals surface area contributed by atoms with Crippen LogP contribution >= 0.6 is 11.3 Å². The zero-order chi connectivity index (χ0) is 12.7. The maximum atomic E-state index is 11.1. The van der Waals surface area contributed by atoms with Crippen molar-refractivity contribution in [3.63, 3.8) is 0 Å². The topological polar surface area (TPSA) is 63.1 Å². The van der Waals surface area contributed by atoms with Gasteiger partial charge in [0, 0.05) is 22.8 Å². The van der Waals surface area contributed by atoms with Crippen LogP contribution in [0, 0.1) is 6.92 Å². The minimum Gasteiger partial charge on any atom is -0.481 e. The van der Waals surface area contributed by atoms with Crippen LogP contribution in [-0.2, 0) is 11.2 Å². The molecule has 5 heteroatoms. The molecule has 3 rings (SSSR count). The highest BCUT2D eigenvalue weighted by atomic mass is 32.1. The minimum atomic E-state index is -0.767. The van der Waals surface area contributed by atoms with Crippen LogP contribution in [0.15, 0.2) is 18.5 Å². The van der Waals surface area contributed by atoms with Gasteiger partial charge in [-0.1, -0.05) is 0 Å². The normalized spacial score (nSPS) is 17.7. The molecule has 0 fully saturated rings. The molecule has 0 bridgehead atoms. The van der Waals surface area contributed by atoms with Gasteiger partial charge in [-0.3, -0.25) is 9.78 Å². The summed E-state index contributed by atoms with van der Waals surface area (Å²) in [6, 6.07) is 1.93. The van der Waals surface area contributed by atoms with Gasteiger partial charge in [0.05, 0.1) is 5.69 Å². The summed E-state index contributed by atoms with van der Waals surface area (Å²) >= 11 is 1.61.